The fraction of sp³-hybridized carbons (Fsp3) is 0.615. The Labute approximate surface area is 101 Å². The van der Waals surface area contributed by atoms with Gasteiger partial charge in [0, 0.05) is 37.8 Å². The molecule has 0 aromatic rings. The Hall–Kier alpha value is -1.29. The van der Waals surface area contributed by atoms with E-state index in [-0.39, 0.29) is 5.66 Å². The van der Waals surface area contributed by atoms with Crippen molar-refractivity contribution in [2.24, 2.45) is 10.9 Å². The summed E-state index contributed by atoms with van der Waals surface area (Å²) in [6.07, 6.45) is 8.97. The molecule has 1 saturated carbocycles. The summed E-state index contributed by atoms with van der Waals surface area (Å²) >= 11 is 0. The maximum atomic E-state index is 4.40. The Morgan fingerprint density at radius 2 is 2.47 bits per heavy atom. The van der Waals surface area contributed by atoms with Gasteiger partial charge >= 0.3 is 0 Å². The van der Waals surface area contributed by atoms with Crippen LogP contribution >= 0.6 is 0 Å². The minimum atomic E-state index is 0.122. The molecule has 1 aliphatic carbocycles. The molecule has 3 atom stereocenters. The molecule has 0 amide bonds. The van der Waals surface area contributed by atoms with Crippen molar-refractivity contribution < 1.29 is 0 Å². The van der Waals surface area contributed by atoms with E-state index in [9.17, 15) is 0 Å². The summed E-state index contributed by atoms with van der Waals surface area (Å²) in [6, 6.07) is 0.582. The number of hydrogen-bond donors (Lipinski definition) is 2. The number of aliphatic imine (C=N–C) groups is 1. The Bertz CT molecular complexity index is 450. The fourth-order valence-corrected chi connectivity index (χ4v) is 3.58. The first-order chi connectivity index (χ1) is 8.33. The molecule has 2 N–H and O–H groups in total. The molecule has 3 heterocycles. The van der Waals surface area contributed by atoms with Crippen molar-refractivity contribution in [2.75, 3.05) is 20.1 Å². The summed E-state index contributed by atoms with van der Waals surface area (Å²) in [5, 5.41) is 7.33. The summed E-state index contributed by atoms with van der Waals surface area (Å²) in [7, 11) is 2.20. The van der Waals surface area contributed by atoms with Gasteiger partial charge in [-0.1, -0.05) is 12.2 Å². The Morgan fingerprint density at radius 1 is 1.53 bits per heavy atom. The van der Waals surface area contributed by atoms with Gasteiger partial charge in [-0.05, 0) is 12.8 Å². The third-order valence-corrected chi connectivity index (χ3v) is 4.46. The zero-order valence-electron chi connectivity index (χ0n) is 10.1. The highest BCUT2D eigenvalue weighted by atomic mass is 15.5. The number of likely N-dealkylation sites (N-methyl/N-ethyl adjacent to an activating group) is 1. The minimum absolute atomic E-state index is 0.122. The van der Waals surface area contributed by atoms with Crippen molar-refractivity contribution in [1.82, 2.24) is 15.5 Å². The predicted molar refractivity (Wildman–Crippen MR) is 67.7 cm³/mol. The summed E-state index contributed by atoms with van der Waals surface area (Å²) < 4.78 is 0. The second-order valence-corrected chi connectivity index (χ2v) is 5.40. The van der Waals surface area contributed by atoms with Crippen LogP contribution in [0.5, 0.6) is 0 Å². The minimum Gasteiger partial charge on any atom is -0.354 e. The Balaban J connectivity index is 1.69. The first kappa shape index (κ1) is 9.71. The third kappa shape index (κ3) is 1.14. The van der Waals surface area contributed by atoms with Gasteiger partial charge in [0.15, 0.2) is 0 Å². The molecule has 0 aromatic heterocycles. The van der Waals surface area contributed by atoms with E-state index in [0.29, 0.717) is 12.0 Å². The highest BCUT2D eigenvalue weighted by Crippen LogP contribution is 2.53. The molecule has 17 heavy (non-hydrogen) atoms. The zero-order valence-corrected chi connectivity index (χ0v) is 10.1. The second-order valence-electron chi connectivity index (χ2n) is 5.40. The summed E-state index contributed by atoms with van der Waals surface area (Å²) in [4.78, 5) is 6.80. The molecule has 0 bridgehead atoms. The number of allylic oxidation sites excluding steroid dienone is 1. The van der Waals surface area contributed by atoms with Crippen LogP contribution in [0.4, 0.5) is 0 Å². The monoisotopic (exact) mass is 230 g/mol. The van der Waals surface area contributed by atoms with Gasteiger partial charge in [-0.15, -0.1) is 0 Å². The van der Waals surface area contributed by atoms with Crippen LogP contribution in [0.25, 0.3) is 0 Å². The predicted octanol–water partition coefficient (Wildman–Crippen LogP) is 0.452. The van der Waals surface area contributed by atoms with E-state index >= 15 is 0 Å². The van der Waals surface area contributed by atoms with Crippen LogP contribution in [0.15, 0.2) is 28.5 Å². The van der Waals surface area contributed by atoms with Gasteiger partial charge in [-0.25, -0.2) is 0 Å². The van der Waals surface area contributed by atoms with Crippen LogP contribution < -0.4 is 10.6 Å². The number of rotatable bonds is 0. The first-order valence-electron chi connectivity index (χ1n) is 6.48. The lowest BCUT2D eigenvalue weighted by molar-refractivity contribution is 0.403. The molecule has 4 heteroatoms. The first-order valence-corrected chi connectivity index (χ1v) is 6.48. The average Bonchev–Trinajstić information content (AvgIpc) is 2.96. The van der Waals surface area contributed by atoms with E-state index in [4.69, 9.17) is 0 Å². The molecule has 2 fully saturated rings. The van der Waals surface area contributed by atoms with Crippen molar-refractivity contribution in [3.8, 4) is 0 Å². The van der Waals surface area contributed by atoms with E-state index in [1.54, 1.807) is 0 Å². The van der Waals surface area contributed by atoms with Crippen LogP contribution in [0.2, 0.25) is 0 Å². The maximum absolute atomic E-state index is 4.40. The second kappa shape index (κ2) is 3.13. The number of hydrogen-bond acceptors (Lipinski definition) is 4. The quantitative estimate of drug-likeness (QED) is 0.594. The van der Waals surface area contributed by atoms with Crippen LogP contribution in [0.1, 0.15) is 12.8 Å². The molecule has 1 saturated heterocycles. The van der Waals surface area contributed by atoms with E-state index in [2.05, 4.69) is 45.9 Å². The van der Waals surface area contributed by atoms with E-state index in [0.717, 1.165) is 19.5 Å². The largest absolute Gasteiger partial charge is 0.354 e. The van der Waals surface area contributed by atoms with Crippen LogP contribution in [0, 0.1) is 5.92 Å². The molecular weight excluding hydrogens is 212 g/mol. The molecular formula is C13H18N4. The highest BCUT2D eigenvalue weighted by molar-refractivity contribution is 5.80. The lowest BCUT2D eigenvalue weighted by atomic mass is 10.1. The molecule has 4 aliphatic rings. The van der Waals surface area contributed by atoms with Crippen LogP contribution in [-0.4, -0.2) is 43.0 Å². The molecule has 0 aromatic carbocycles. The van der Waals surface area contributed by atoms with E-state index in [1.165, 1.54) is 17.8 Å². The smallest absolute Gasteiger partial charge is 0.120 e. The SMILES string of the molecule is CN1C(=C2C=NCCC2)N[C@@]23NCC=CC2[C@H]13. The highest BCUT2D eigenvalue weighted by Gasteiger charge is 2.71. The summed E-state index contributed by atoms with van der Waals surface area (Å²) in [5.74, 6) is 1.92. The van der Waals surface area contributed by atoms with E-state index in [1.807, 2.05) is 0 Å². The molecule has 4 nitrogen and oxygen atoms in total. The van der Waals surface area contributed by atoms with Gasteiger partial charge in [-0.3, -0.25) is 10.3 Å². The maximum Gasteiger partial charge on any atom is 0.120 e. The molecule has 4 rings (SSSR count). The topological polar surface area (TPSA) is 39.7 Å². The van der Waals surface area contributed by atoms with Gasteiger partial charge in [0.1, 0.15) is 11.5 Å². The molecule has 1 unspecified atom stereocenters. The summed E-state index contributed by atoms with van der Waals surface area (Å²) in [6.45, 7) is 1.96. The Kier molecular flexibility index (Phi) is 1.79. The number of nitrogens with one attached hydrogen (secondary N) is 2. The van der Waals surface area contributed by atoms with Gasteiger partial charge < -0.3 is 10.2 Å². The molecule has 3 aliphatic heterocycles. The Morgan fingerprint density at radius 3 is 3.29 bits per heavy atom. The number of fused-ring (bicyclic) bond motifs is 1. The van der Waals surface area contributed by atoms with E-state index < -0.39 is 0 Å². The fourth-order valence-electron chi connectivity index (χ4n) is 3.58. The van der Waals surface area contributed by atoms with Crippen molar-refractivity contribution in [3.05, 3.63) is 23.5 Å². The van der Waals surface area contributed by atoms with Gasteiger partial charge in [0.2, 0.25) is 0 Å². The van der Waals surface area contributed by atoms with Gasteiger partial charge in [0.05, 0.1) is 6.04 Å². The zero-order chi connectivity index (χ0) is 11.5. The van der Waals surface area contributed by atoms with Crippen molar-refractivity contribution in [3.63, 3.8) is 0 Å². The number of nitrogens with zero attached hydrogens (tertiary/aromatic N) is 2. The van der Waals surface area contributed by atoms with Crippen molar-refractivity contribution >= 4 is 6.21 Å². The van der Waals surface area contributed by atoms with Crippen LogP contribution in [0.3, 0.4) is 0 Å². The molecule has 90 valence electrons. The van der Waals surface area contributed by atoms with Gasteiger partial charge in [0.25, 0.3) is 0 Å². The standard InChI is InChI=1S/C13H18N4/c1-17-11-10-5-3-7-15-13(10,11)16-12(17)9-4-2-6-14-8-9/h3,5,8,10-11,15-16H,2,4,6-7H2,1H3/t10?,11-,13-/m0/s1. The normalized spacial score (nSPS) is 46.5. The van der Waals surface area contributed by atoms with Crippen LogP contribution in [-0.2, 0) is 0 Å². The lowest BCUT2D eigenvalue weighted by Crippen LogP contribution is -2.46. The molecule has 0 radical (unpaired) electrons. The molecule has 1 spiro atoms. The average molecular weight is 230 g/mol. The third-order valence-electron chi connectivity index (χ3n) is 4.46. The van der Waals surface area contributed by atoms with Crippen molar-refractivity contribution in [2.45, 2.75) is 24.5 Å². The lowest BCUT2D eigenvalue weighted by Gasteiger charge is -2.25. The summed E-state index contributed by atoms with van der Waals surface area (Å²) in [5.41, 5.74) is 1.49. The van der Waals surface area contributed by atoms with Crippen molar-refractivity contribution in [1.29, 1.82) is 0 Å². The van der Waals surface area contributed by atoms with Gasteiger partial charge in [-0.2, -0.15) is 0 Å².